The number of sulfonamides is 1. The SMILES string of the molecule is CCCC1CCN(S(=O)(=O)c2ccnc(N)c2)C1. The molecule has 0 saturated carbocycles. The van der Waals surface area contributed by atoms with Gasteiger partial charge in [0.05, 0.1) is 4.90 Å². The number of anilines is 1. The van der Waals surface area contributed by atoms with Gasteiger partial charge in [0.15, 0.2) is 0 Å². The topological polar surface area (TPSA) is 76.3 Å². The monoisotopic (exact) mass is 269 g/mol. The van der Waals surface area contributed by atoms with Gasteiger partial charge in [0.2, 0.25) is 10.0 Å². The van der Waals surface area contributed by atoms with Crippen molar-refractivity contribution < 1.29 is 8.42 Å². The fourth-order valence-corrected chi connectivity index (χ4v) is 3.95. The average Bonchev–Trinajstić information content (AvgIpc) is 2.79. The van der Waals surface area contributed by atoms with E-state index < -0.39 is 10.0 Å². The smallest absolute Gasteiger partial charge is 0.243 e. The summed E-state index contributed by atoms with van der Waals surface area (Å²) < 4.78 is 26.3. The number of hydrogen-bond acceptors (Lipinski definition) is 4. The van der Waals surface area contributed by atoms with Gasteiger partial charge < -0.3 is 5.73 Å². The van der Waals surface area contributed by atoms with Crippen molar-refractivity contribution in [1.29, 1.82) is 0 Å². The van der Waals surface area contributed by atoms with Crippen LogP contribution in [0, 0.1) is 5.92 Å². The Morgan fingerprint density at radius 3 is 3.00 bits per heavy atom. The minimum atomic E-state index is -3.40. The zero-order valence-electron chi connectivity index (χ0n) is 10.5. The van der Waals surface area contributed by atoms with Gasteiger partial charge in [0, 0.05) is 25.4 Å². The van der Waals surface area contributed by atoms with Crippen molar-refractivity contribution in [2.75, 3.05) is 18.8 Å². The third-order valence-electron chi connectivity index (χ3n) is 3.34. The van der Waals surface area contributed by atoms with E-state index in [2.05, 4.69) is 11.9 Å². The maximum absolute atomic E-state index is 12.4. The highest BCUT2D eigenvalue weighted by atomic mass is 32.2. The fourth-order valence-electron chi connectivity index (χ4n) is 2.40. The van der Waals surface area contributed by atoms with Crippen LogP contribution in [0.15, 0.2) is 23.2 Å². The number of nitrogens with zero attached hydrogens (tertiary/aromatic N) is 2. The molecule has 1 fully saturated rings. The van der Waals surface area contributed by atoms with Gasteiger partial charge in [-0.15, -0.1) is 0 Å². The van der Waals surface area contributed by atoms with Gasteiger partial charge in [-0.05, 0) is 24.8 Å². The van der Waals surface area contributed by atoms with E-state index in [4.69, 9.17) is 5.73 Å². The molecule has 1 saturated heterocycles. The molecule has 1 aromatic heterocycles. The van der Waals surface area contributed by atoms with Gasteiger partial charge >= 0.3 is 0 Å². The first-order valence-corrected chi connectivity index (χ1v) is 7.69. The first-order chi connectivity index (χ1) is 8.54. The van der Waals surface area contributed by atoms with Crippen molar-refractivity contribution in [3.63, 3.8) is 0 Å². The Morgan fingerprint density at radius 2 is 2.33 bits per heavy atom. The van der Waals surface area contributed by atoms with E-state index in [0.717, 1.165) is 19.3 Å². The van der Waals surface area contributed by atoms with Gasteiger partial charge in [-0.2, -0.15) is 4.31 Å². The van der Waals surface area contributed by atoms with Crippen LogP contribution in [0.2, 0.25) is 0 Å². The van der Waals surface area contributed by atoms with E-state index in [1.165, 1.54) is 18.3 Å². The standard InChI is InChI=1S/C12H19N3O2S/c1-2-3-10-5-7-15(9-10)18(16,17)11-4-6-14-12(13)8-11/h4,6,8,10H,2-3,5,7,9H2,1H3,(H2,13,14). The summed E-state index contributed by atoms with van der Waals surface area (Å²) in [7, 11) is -3.40. The van der Waals surface area contributed by atoms with Crippen LogP contribution in [0.4, 0.5) is 5.82 Å². The molecule has 5 nitrogen and oxygen atoms in total. The summed E-state index contributed by atoms with van der Waals surface area (Å²) in [5.41, 5.74) is 5.53. The van der Waals surface area contributed by atoms with Crippen molar-refractivity contribution in [2.24, 2.45) is 5.92 Å². The summed E-state index contributed by atoms with van der Waals surface area (Å²) in [6.45, 7) is 3.36. The van der Waals surface area contributed by atoms with E-state index in [-0.39, 0.29) is 10.7 Å². The molecular weight excluding hydrogens is 250 g/mol. The summed E-state index contributed by atoms with van der Waals surface area (Å²) in [4.78, 5) is 4.06. The lowest BCUT2D eigenvalue weighted by molar-refractivity contribution is 0.444. The number of nitrogen functional groups attached to an aromatic ring is 1. The third-order valence-corrected chi connectivity index (χ3v) is 5.20. The Morgan fingerprint density at radius 1 is 1.56 bits per heavy atom. The Kier molecular flexibility index (Phi) is 3.87. The molecular formula is C12H19N3O2S. The molecule has 0 aromatic carbocycles. The minimum Gasteiger partial charge on any atom is -0.384 e. The molecule has 2 heterocycles. The Bertz CT molecular complexity index is 516. The zero-order valence-corrected chi connectivity index (χ0v) is 11.4. The molecule has 1 aliphatic rings. The van der Waals surface area contributed by atoms with E-state index in [1.54, 1.807) is 4.31 Å². The molecule has 0 spiro atoms. The zero-order chi connectivity index (χ0) is 13.2. The molecule has 18 heavy (non-hydrogen) atoms. The first-order valence-electron chi connectivity index (χ1n) is 6.25. The predicted octanol–water partition coefficient (Wildman–Crippen LogP) is 1.47. The van der Waals surface area contributed by atoms with Gasteiger partial charge in [0.1, 0.15) is 5.82 Å². The summed E-state index contributed by atoms with van der Waals surface area (Å²) in [6.07, 6.45) is 4.57. The molecule has 0 radical (unpaired) electrons. The largest absolute Gasteiger partial charge is 0.384 e. The van der Waals surface area contributed by atoms with Crippen molar-refractivity contribution in [1.82, 2.24) is 9.29 Å². The molecule has 100 valence electrons. The summed E-state index contributed by atoms with van der Waals surface area (Å²) in [5.74, 6) is 0.726. The van der Waals surface area contributed by atoms with Crippen molar-refractivity contribution in [3.05, 3.63) is 18.3 Å². The molecule has 2 rings (SSSR count). The highest BCUT2D eigenvalue weighted by molar-refractivity contribution is 7.89. The average molecular weight is 269 g/mol. The Hall–Kier alpha value is -1.14. The van der Waals surface area contributed by atoms with Crippen molar-refractivity contribution in [2.45, 2.75) is 31.1 Å². The van der Waals surface area contributed by atoms with Gasteiger partial charge in [-0.3, -0.25) is 0 Å². The second kappa shape index (κ2) is 5.24. The van der Waals surface area contributed by atoms with Crippen LogP contribution < -0.4 is 5.73 Å². The van der Waals surface area contributed by atoms with Crippen LogP contribution in [0.1, 0.15) is 26.2 Å². The molecule has 0 aliphatic carbocycles. The summed E-state index contributed by atoms with van der Waals surface area (Å²) >= 11 is 0. The molecule has 2 N–H and O–H groups in total. The summed E-state index contributed by atoms with van der Waals surface area (Å²) in [5, 5.41) is 0. The molecule has 1 aromatic rings. The Labute approximate surface area is 108 Å². The van der Waals surface area contributed by atoms with Crippen LogP contribution in [0.25, 0.3) is 0 Å². The quantitative estimate of drug-likeness (QED) is 0.898. The molecule has 1 unspecified atom stereocenters. The number of rotatable bonds is 4. The summed E-state index contributed by atoms with van der Waals surface area (Å²) in [6, 6.07) is 2.92. The lowest BCUT2D eigenvalue weighted by Crippen LogP contribution is -2.29. The number of aromatic nitrogens is 1. The molecule has 6 heteroatoms. The van der Waals surface area contributed by atoms with E-state index in [1.807, 2.05) is 0 Å². The van der Waals surface area contributed by atoms with Crippen LogP contribution in [-0.4, -0.2) is 30.8 Å². The van der Waals surface area contributed by atoms with Gasteiger partial charge in [0.25, 0.3) is 0 Å². The number of hydrogen-bond donors (Lipinski definition) is 1. The van der Waals surface area contributed by atoms with Crippen LogP contribution in [0.3, 0.4) is 0 Å². The first kappa shape index (κ1) is 13.3. The molecule has 1 atom stereocenters. The van der Waals surface area contributed by atoms with Crippen LogP contribution >= 0.6 is 0 Å². The van der Waals surface area contributed by atoms with E-state index >= 15 is 0 Å². The maximum atomic E-state index is 12.4. The predicted molar refractivity (Wildman–Crippen MR) is 70.4 cm³/mol. The number of nitrogens with two attached hydrogens (primary N) is 1. The van der Waals surface area contributed by atoms with Crippen molar-refractivity contribution >= 4 is 15.8 Å². The normalized spacial score (nSPS) is 21.3. The number of pyridine rings is 1. The lowest BCUT2D eigenvalue weighted by Gasteiger charge is -2.16. The third kappa shape index (κ3) is 2.64. The van der Waals surface area contributed by atoms with Gasteiger partial charge in [-0.25, -0.2) is 13.4 Å². The molecule has 0 bridgehead atoms. The second-order valence-electron chi connectivity index (χ2n) is 4.72. The minimum absolute atomic E-state index is 0.236. The molecule has 1 aliphatic heterocycles. The van der Waals surface area contributed by atoms with Gasteiger partial charge in [-0.1, -0.05) is 13.3 Å². The van der Waals surface area contributed by atoms with E-state index in [9.17, 15) is 8.42 Å². The van der Waals surface area contributed by atoms with E-state index in [0.29, 0.717) is 19.0 Å². The maximum Gasteiger partial charge on any atom is 0.243 e. The highest BCUT2D eigenvalue weighted by Gasteiger charge is 2.32. The second-order valence-corrected chi connectivity index (χ2v) is 6.66. The van der Waals surface area contributed by atoms with Crippen LogP contribution in [-0.2, 0) is 10.0 Å². The van der Waals surface area contributed by atoms with Crippen LogP contribution in [0.5, 0.6) is 0 Å². The lowest BCUT2D eigenvalue weighted by atomic mass is 10.0. The Balaban J connectivity index is 2.18. The molecule has 0 amide bonds. The highest BCUT2D eigenvalue weighted by Crippen LogP contribution is 2.27. The fraction of sp³-hybridized carbons (Fsp3) is 0.583. The van der Waals surface area contributed by atoms with Crippen molar-refractivity contribution in [3.8, 4) is 0 Å².